The Morgan fingerprint density at radius 3 is 1.65 bits per heavy atom. The van der Waals surface area contributed by atoms with Crippen molar-refractivity contribution in [2.75, 3.05) is 13.1 Å². The second-order valence-electron chi connectivity index (χ2n) is 7.09. The first-order chi connectivity index (χ1) is 12.8. The van der Waals surface area contributed by atoms with E-state index in [1.54, 1.807) is 5.12 Å². The fourth-order valence-corrected chi connectivity index (χ4v) is 3.01. The zero-order chi connectivity index (χ0) is 19.3. The molecule has 0 saturated heterocycles. The minimum atomic E-state index is 0.145. The van der Waals surface area contributed by atoms with E-state index in [1.165, 1.54) is 70.6 Å². The number of hydrogen-bond acceptors (Lipinski definition) is 3. The molecule has 0 aromatic carbocycles. The fourth-order valence-electron chi connectivity index (χ4n) is 3.01. The molecule has 26 heavy (non-hydrogen) atoms. The Balaban J connectivity index is 3.39. The van der Waals surface area contributed by atoms with Crippen molar-refractivity contribution in [3.63, 3.8) is 0 Å². The third-order valence-corrected chi connectivity index (χ3v) is 4.53. The van der Waals surface area contributed by atoms with Crippen LogP contribution in [0.4, 0.5) is 0 Å². The van der Waals surface area contributed by atoms with E-state index in [9.17, 15) is 4.79 Å². The number of rotatable bonds is 19. The molecule has 4 heteroatoms. The maximum atomic E-state index is 12.0. The van der Waals surface area contributed by atoms with E-state index in [4.69, 9.17) is 0 Å². The van der Waals surface area contributed by atoms with Crippen LogP contribution in [0.5, 0.6) is 0 Å². The zero-order valence-corrected chi connectivity index (χ0v) is 17.8. The van der Waals surface area contributed by atoms with E-state index in [-0.39, 0.29) is 5.91 Å². The van der Waals surface area contributed by atoms with Crippen LogP contribution in [0.25, 0.3) is 0 Å². The highest BCUT2D eigenvalue weighted by atomic mass is 16.2. The lowest BCUT2D eigenvalue weighted by Crippen LogP contribution is -2.51. The number of unbranched alkanes of at least 4 members (excludes halogenated alkanes) is 11. The molecule has 0 aliphatic carbocycles. The average Bonchev–Trinajstić information content (AvgIpc) is 2.64. The average molecular weight is 368 g/mol. The molecule has 0 aliphatic rings. The molecule has 0 aromatic heterocycles. The second-order valence-corrected chi connectivity index (χ2v) is 7.09. The van der Waals surface area contributed by atoms with E-state index >= 15 is 0 Å². The van der Waals surface area contributed by atoms with Gasteiger partial charge >= 0.3 is 0 Å². The van der Waals surface area contributed by atoms with Crippen LogP contribution in [-0.4, -0.2) is 24.1 Å². The summed E-state index contributed by atoms with van der Waals surface area (Å²) in [6.07, 6.45) is 22.0. The minimum absolute atomic E-state index is 0.145. The van der Waals surface area contributed by atoms with Gasteiger partial charge in [-0.1, -0.05) is 84.3 Å². The largest absolute Gasteiger partial charge is 0.272 e. The van der Waals surface area contributed by atoms with Gasteiger partial charge in [-0.3, -0.25) is 4.79 Å². The topological polar surface area (TPSA) is 44.4 Å². The molecule has 0 aromatic rings. The highest BCUT2D eigenvalue weighted by Crippen LogP contribution is 2.10. The number of carbonyl (C=O) groups excluding carboxylic acids is 1. The first-order valence-corrected chi connectivity index (χ1v) is 11.2. The zero-order valence-electron chi connectivity index (χ0n) is 17.8. The van der Waals surface area contributed by atoms with Crippen LogP contribution in [0.2, 0.25) is 0 Å². The summed E-state index contributed by atoms with van der Waals surface area (Å²) >= 11 is 0. The molecule has 0 spiro atoms. The van der Waals surface area contributed by atoms with Crippen LogP contribution in [-0.2, 0) is 4.79 Å². The molecule has 2 N–H and O–H groups in total. The van der Waals surface area contributed by atoms with Crippen LogP contribution in [0.3, 0.4) is 0 Å². The molecule has 1 amide bonds. The van der Waals surface area contributed by atoms with E-state index in [0.29, 0.717) is 6.42 Å². The van der Waals surface area contributed by atoms with Gasteiger partial charge in [-0.15, -0.1) is 0 Å². The van der Waals surface area contributed by atoms with Gasteiger partial charge in [-0.05, 0) is 32.1 Å². The van der Waals surface area contributed by atoms with Crippen LogP contribution in [0, 0.1) is 0 Å². The third-order valence-electron chi connectivity index (χ3n) is 4.53. The highest BCUT2D eigenvalue weighted by Gasteiger charge is 2.10. The van der Waals surface area contributed by atoms with Gasteiger partial charge in [0.05, 0.1) is 0 Å². The molecule has 0 aliphatic heterocycles. The first-order valence-electron chi connectivity index (χ1n) is 11.2. The fraction of sp³-hybridized carbons (Fsp3) is 0.864. The van der Waals surface area contributed by atoms with Gasteiger partial charge < -0.3 is 0 Å². The number of hydrazine groups is 2. The van der Waals surface area contributed by atoms with Crippen LogP contribution >= 0.6 is 0 Å². The van der Waals surface area contributed by atoms with Gasteiger partial charge in [0.15, 0.2) is 0 Å². The molecule has 0 atom stereocenters. The van der Waals surface area contributed by atoms with E-state index in [0.717, 1.165) is 25.9 Å². The summed E-state index contributed by atoms with van der Waals surface area (Å²) < 4.78 is 0. The number of amides is 1. The van der Waals surface area contributed by atoms with Crippen molar-refractivity contribution < 1.29 is 4.79 Å². The summed E-state index contributed by atoms with van der Waals surface area (Å²) in [5, 5.41) is 1.55. The molecule has 0 radical (unpaired) electrons. The quantitative estimate of drug-likeness (QED) is 0.170. The van der Waals surface area contributed by atoms with Crippen LogP contribution < -0.4 is 10.9 Å². The molecular formula is C22H45N3O. The van der Waals surface area contributed by atoms with Crippen molar-refractivity contribution in [2.45, 2.75) is 111 Å². The molecule has 0 saturated carbocycles. The summed E-state index contributed by atoms with van der Waals surface area (Å²) in [4.78, 5) is 12.0. The second kappa shape index (κ2) is 20.4. The van der Waals surface area contributed by atoms with Gasteiger partial charge in [0, 0.05) is 19.5 Å². The Kier molecular flexibility index (Phi) is 19.8. The van der Waals surface area contributed by atoms with E-state index in [1.807, 2.05) is 13.8 Å². The van der Waals surface area contributed by atoms with Crippen molar-refractivity contribution in [1.29, 1.82) is 0 Å². The molecule has 4 nitrogen and oxygen atoms in total. The van der Waals surface area contributed by atoms with Crippen LogP contribution in [0.1, 0.15) is 111 Å². The van der Waals surface area contributed by atoms with Gasteiger partial charge in [-0.2, -0.15) is 0 Å². The Morgan fingerprint density at radius 2 is 1.15 bits per heavy atom. The SMILES string of the molecule is CCCCCCCC/C=C\CCCCCCCC(=O)N(NCC)NCC. The van der Waals surface area contributed by atoms with Gasteiger partial charge in [0.1, 0.15) is 0 Å². The van der Waals surface area contributed by atoms with Gasteiger partial charge in [0.25, 0.3) is 5.91 Å². The van der Waals surface area contributed by atoms with Crippen LogP contribution in [0.15, 0.2) is 12.2 Å². The number of hydrogen-bond donors (Lipinski definition) is 2. The van der Waals surface area contributed by atoms with E-state index < -0.39 is 0 Å². The lowest BCUT2D eigenvalue weighted by Gasteiger charge is -2.22. The molecular weight excluding hydrogens is 322 g/mol. The Hall–Kier alpha value is -0.870. The summed E-state index contributed by atoms with van der Waals surface area (Å²) in [5.41, 5.74) is 6.10. The van der Waals surface area contributed by atoms with Crippen molar-refractivity contribution in [3.05, 3.63) is 12.2 Å². The number of nitrogens with one attached hydrogen (secondary N) is 2. The van der Waals surface area contributed by atoms with Crippen molar-refractivity contribution in [3.8, 4) is 0 Å². The van der Waals surface area contributed by atoms with Gasteiger partial charge in [0.2, 0.25) is 0 Å². The van der Waals surface area contributed by atoms with Crippen molar-refractivity contribution >= 4 is 5.91 Å². The standard InChI is InChI=1S/C22H45N3O/c1-4-7-8-9-10-11-12-13-14-15-16-17-18-19-20-21-22(26)25(23-5-2)24-6-3/h13-14,23-24H,4-12,15-21H2,1-3H3/b14-13-. The smallest absolute Gasteiger partial charge is 0.251 e. The Morgan fingerprint density at radius 1 is 0.692 bits per heavy atom. The molecule has 0 unspecified atom stereocenters. The van der Waals surface area contributed by atoms with Gasteiger partial charge in [-0.25, -0.2) is 16.0 Å². The first kappa shape index (κ1) is 25.1. The predicted octanol–water partition coefficient (Wildman–Crippen LogP) is 5.90. The summed E-state index contributed by atoms with van der Waals surface area (Å²) in [7, 11) is 0. The number of allylic oxidation sites excluding steroid dienone is 2. The Bertz CT molecular complexity index is 325. The van der Waals surface area contributed by atoms with Crippen molar-refractivity contribution in [1.82, 2.24) is 16.0 Å². The third kappa shape index (κ3) is 16.6. The summed E-state index contributed by atoms with van der Waals surface area (Å²) in [6, 6.07) is 0. The Labute approximate surface area is 163 Å². The monoisotopic (exact) mass is 367 g/mol. The van der Waals surface area contributed by atoms with E-state index in [2.05, 4.69) is 29.9 Å². The maximum Gasteiger partial charge on any atom is 0.251 e. The lowest BCUT2D eigenvalue weighted by molar-refractivity contribution is -0.138. The summed E-state index contributed by atoms with van der Waals surface area (Å²) in [6.45, 7) is 7.78. The molecule has 154 valence electrons. The molecule has 0 rings (SSSR count). The molecule has 0 bridgehead atoms. The number of nitrogens with zero attached hydrogens (tertiary/aromatic N) is 1. The predicted molar refractivity (Wildman–Crippen MR) is 114 cm³/mol. The highest BCUT2D eigenvalue weighted by molar-refractivity contribution is 5.75. The maximum absolute atomic E-state index is 12.0. The van der Waals surface area contributed by atoms with Crippen molar-refractivity contribution in [2.24, 2.45) is 0 Å². The summed E-state index contributed by atoms with van der Waals surface area (Å²) in [5.74, 6) is 0.145. The molecule has 0 fully saturated rings. The normalized spacial score (nSPS) is 11.3. The molecule has 0 heterocycles. The number of carbonyl (C=O) groups is 1. The minimum Gasteiger partial charge on any atom is -0.272 e. The lowest BCUT2D eigenvalue weighted by atomic mass is 10.1.